The summed E-state index contributed by atoms with van der Waals surface area (Å²) in [5, 5.41) is 2.68. The first-order valence-corrected chi connectivity index (χ1v) is 6.58. The quantitative estimate of drug-likeness (QED) is 0.847. The zero-order valence-electron chi connectivity index (χ0n) is 11.8. The van der Waals surface area contributed by atoms with Gasteiger partial charge in [0.25, 0.3) is 5.91 Å². The molecule has 0 saturated heterocycles. The molecule has 0 fully saturated rings. The zero-order valence-corrected chi connectivity index (χ0v) is 11.8. The molecule has 1 amide bonds. The van der Waals surface area contributed by atoms with Crippen molar-refractivity contribution < 1.29 is 13.6 Å². The van der Waals surface area contributed by atoms with Gasteiger partial charge in [-0.25, -0.2) is 8.78 Å². The number of hydrogen-bond acceptors (Lipinski definition) is 2. The smallest absolute Gasteiger partial charge is 0.258 e. The van der Waals surface area contributed by atoms with Gasteiger partial charge in [-0.2, -0.15) is 0 Å². The SMILES string of the molecule is CCc1cccc(C)c1NC(=O)c1cc(N)c(F)cc1F. The monoisotopic (exact) mass is 290 g/mol. The van der Waals surface area contributed by atoms with E-state index in [0.29, 0.717) is 11.8 Å². The predicted molar refractivity (Wildman–Crippen MR) is 79.3 cm³/mol. The summed E-state index contributed by atoms with van der Waals surface area (Å²) in [6, 6.07) is 7.25. The topological polar surface area (TPSA) is 55.1 Å². The number of nitrogen functional groups attached to an aromatic ring is 1. The first-order chi connectivity index (χ1) is 9.93. The van der Waals surface area contributed by atoms with E-state index in [0.717, 1.165) is 23.6 Å². The number of benzene rings is 2. The van der Waals surface area contributed by atoms with Crippen LogP contribution >= 0.6 is 0 Å². The summed E-state index contributed by atoms with van der Waals surface area (Å²) in [5.74, 6) is -2.47. The van der Waals surface area contributed by atoms with E-state index in [9.17, 15) is 13.6 Å². The summed E-state index contributed by atoms with van der Waals surface area (Å²) < 4.78 is 26.8. The maximum absolute atomic E-state index is 13.7. The Bertz CT molecular complexity index is 699. The second-order valence-corrected chi connectivity index (χ2v) is 4.77. The normalized spacial score (nSPS) is 10.5. The van der Waals surface area contributed by atoms with Gasteiger partial charge in [-0.15, -0.1) is 0 Å². The average molecular weight is 290 g/mol. The van der Waals surface area contributed by atoms with Crippen molar-refractivity contribution in [1.29, 1.82) is 0 Å². The molecule has 0 aliphatic carbocycles. The lowest BCUT2D eigenvalue weighted by Crippen LogP contribution is -2.16. The van der Waals surface area contributed by atoms with E-state index < -0.39 is 17.5 Å². The Labute approximate surface area is 121 Å². The number of anilines is 2. The van der Waals surface area contributed by atoms with E-state index in [1.54, 1.807) is 0 Å². The van der Waals surface area contributed by atoms with Crippen LogP contribution in [0.25, 0.3) is 0 Å². The van der Waals surface area contributed by atoms with Crippen molar-refractivity contribution in [2.45, 2.75) is 20.3 Å². The Kier molecular flexibility index (Phi) is 4.21. The molecule has 0 atom stereocenters. The highest BCUT2D eigenvalue weighted by molar-refractivity contribution is 6.05. The largest absolute Gasteiger partial charge is 0.396 e. The standard InChI is InChI=1S/C16H16F2N2O/c1-3-10-6-4-5-9(2)15(10)20-16(21)11-7-14(19)13(18)8-12(11)17/h4-8H,3,19H2,1-2H3,(H,20,21). The van der Waals surface area contributed by atoms with Crippen molar-refractivity contribution in [3.63, 3.8) is 0 Å². The van der Waals surface area contributed by atoms with Gasteiger partial charge in [0.05, 0.1) is 11.3 Å². The lowest BCUT2D eigenvalue weighted by molar-refractivity contribution is 0.102. The highest BCUT2D eigenvalue weighted by Crippen LogP contribution is 2.23. The summed E-state index contributed by atoms with van der Waals surface area (Å²) >= 11 is 0. The molecule has 110 valence electrons. The molecular formula is C16H16F2N2O. The molecule has 2 aromatic carbocycles. The Morgan fingerprint density at radius 2 is 1.95 bits per heavy atom. The van der Waals surface area contributed by atoms with Crippen molar-refractivity contribution in [2.24, 2.45) is 0 Å². The third-order valence-corrected chi connectivity index (χ3v) is 3.31. The van der Waals surface area contributed by atoms with Crippen LogP contribution in [0.4, 0.5) is 20.2 Å². The van der Waals surface area contributed by atoms with Crippen molar-refractivity contribution in [3.8, 4) is 0 Å². The van der Waals surface area contributed by atoms with Gasteiger partial charge in [0.2, 0.25) is 0 Å². The molecule has 0 aromatic heterocycles. The number of amides is 1. The van der Waals surface area contributed by atoms with Gasteiger partial charge in [-0.3, -0.25) is 4.79 Å². The molecule has 21 heavy (non-hydrogen) atoms. The number of carbonyl (C=O) groups excluding carboxylic acids is 1. The molecule has 2 aromatic rings. The Morgan fingerprint density at radius 3 is 2.62 bits per heavy atom. The molecule has 0 aliphatic rings. The molecule has 0 spiro atoms. The number of hydrogen-bond donors (Lipinski definition) is 2. The highest BCUT2D eigenvalue weighted by Gasteiger charge is 2.17. The first kappa shape index (κ1) is 15.0. The number of nitrogens with one attached hydrogen (secondary N) is 1. The van der Waals surface area contributed by atoms with Crippen LogP contribution in [-0.4, -0.2) is 5.91 Å². The van der Waals surface area contributed by atoms with Crippen molar-refractivity contribution in [3.05, 3.63) is 58.7 Å². The number of rotatable bonds is 3. The van der Waals surface area contributed by atoms with Gasteiger partial charge >= 0.3 is 0 Å². The van der Waals surface area contributed by atoms with Crippen molar-refractivity contribution in [2.75, 3.05) is 11.1 Å². The lowest BCUT2D eigenvalue weighted by Gasteiger charge is -2.13. The number of nitrogens with two attached hydrogens (primary N) is 1. The maximum atomic E-state index is 13.7. The highest BCUT2D eigenvalue weighted by atomic mass is 19.1. The number of halogens is 2. The van der Waals surface area contributed by atoms with Crippen LogP contribution in [0.15, 0.2) is 30.3 Å². The van der Waals surface area contributed by atoms with Gasteiger partial charge in [-0.05, 0) is 30.5 Å². The fourth-order valence-corrected chi connectivity index (χ4v) is 2.12. The number of aryl methyl sites for hydroxylation is 2. The second kappa shape index (κ2) is 5.91. The first-order valence-electron chi connectivity index (χ1n) is 6.58. The van der Waals surface area contributed by atoms with E-state index in [4.69, 9.17) is 5.73 Å². The lowest BCUT2D eigenvalue weighted by atomic mass is 10.1. The van der Waals surface area contributed by atoms with E-state index in [-0.39, 0.29) is 11.3 Å². The molecule has 0 heterocycles. The minimum absolute atomic E-state index is 0.262. The van der Waals surface area contributed by atoms with Crippen LogP contribution < -0.4 is 11.1 Å². The van der Waals surface area contributed by atoms with Gasteiger partial charge in [-0.1, -0.05) is 25.1 Å². The molecule has 0 bridgehead atoms. The fourth-order valence-electron chi connectivity index (χ4n) is 2.12. The molecule has 0 radical (unpaired) electrons. The predicted octanol–water partition coefficient (Wildman–Crippen LogP) is 3.67. The number of para-hydroxylation sites is 1. The molecule has 0 aliphatic heterocycles. The van der Waals surface area contributed by atoms with Crippen LogP contribution in [0.2, 0.25) is 0 Å². The molecule has 2 rings (SSSR count). The van der Waals surface area contributed by atoms with Crippen LogP contribution in [0.5, 0.6) is 0 Å². The Morgan fingerprint density at radius 1 is 1.24 bits per heavy atom. The zero-order chi connectivity index (χ0) is 15.6. The molecular weight excluding hydrogens is 274 g/mol. The van der Waals surface area contributed by atoms with Gasteiger partial charge in [0.1, 0.15) is 11.6 Å². The molecule has 3 nitrogen and oxygen atoms in total. The van der Waals surface area contributed by atoms with Crippen molar-refractivity contribution >= 4 is 17.3 Å². The Hall–Kier alpha value is -2.43. The summed E-state index contributed by atoms with van der Waals surface area (Å²) in [5.41, 5.74) is 7.31. The number of carbonyl (C=O) groups is 1. The third kappa shape index (κ3) is 3.02. The molecule has 5 heteroatoms. The van der Waals surface area contributed by atoms with Gasteiger partial charge in [0, 0.05) is 11.8 Å². The second-order valence-electron chi connectivity index (χ2n) is 4.77. The third-order valence-electron chi connectivity index (χ3n) is 3.31. The average Bonchev–Trinajstić information content (AvgIpc) is 2.44. The fraction of sp³-hybridized carbons (Fsp3) is 0.188. The van der Waals surface area contributed by atoms with E-state index in [1.807, 2.05) is 32.0 Å². The van der Waals surface area contributed by atoms with Crippen LogP contribution in [0, 0.1) is 18.6 Å². The van der Waals surface area contributed by atoms with Crippen LogP contribution in [0.3, 0.4) is 0 Å². The summed E-state index contributed by atoms with van der Waals surface area (Å²) in [7, 11) is 0. The summed E-state index contributed by atoms with van der Waals surface area (Å²) in [6.07, 6.45) is 0.728. The van der Waals surface area contributed by atoms with Gasteiger partial charge < -0.3 is 11.1 Å². The Balaban J connectivity index is 2.37. The van der Waals surface area contributed by atoms with Crippen molar-refractivity contribution in [1.82, 2.24) is 0 Å². The van der Waals surface area contributed by atoms with E-state index in [2.05, 4.69) is 5.32 Å². The van der Waals surface area contributed by atoms with Crippen LogP contribution in [0.1, 0.15) is 28.4 Å². The maximum Gasteiger partial charge on any atom is 0.258 e. The molecule has 3 N–H and O–H groups in total. The summed E-state index contributed by atoms with van der Waals surface area (Å²) in [4.78, 5) is 12.2. The molecule has 0 saturated carbocycles. The minimum atomic E-state index is -0.939. The van der Waals surface area contributed by atoms with E-state index in [1.165, 1.54) is 0 Å². The minimum Gasteiger partial charge on any atom is -0.396 e. The molecule has 0 unspecified atom stereocenters. The van der Waals surface area contributed by atoms with Gasteiger partial charge in [0.15, 0.2) is 0 Å². The van der Waals surface area contributed by atoms with E-state index >= 15 is 0 Å². The van der Waals surface area contributed by atoms with Crippen LogP contribution in [-0.2, 0) is 6.42 Å². The summed E-state index contributed by atoms with van der Waals surface area (Å²) in [6.45, 7) is 3.81.